The highest BCUT2D eigenvalue weighted by atomic mass is 32.2. The van der Waals surface area contributed by atoms with Gasteiger partial charge in [-0.15, -0.1) is 0 Å². The zero-order chi connectivity index (χ0) is 9.31. The Morgan fingerprint density at radius 1 is 1.38 bits per heavy atom. The van der Waals surface area contributed by atoms with E-state index in [1.54, 1.807) is 4.31 Å². The summed E-state index contributed by atoms with van der Waals surface area (Å²) in [5, 5.41) is 0. The van der Waals surface area contributed by atoms with Gasteiger partial charge in [0.2, 0.25) is 10.0 Å². The second kappa shape index (κ2) is 3.55. The minimum absolute atomic E-state index is 0.146. The molecule has 5 heteroatoms. The zero-order valence-electron chi connectivity index (χ0n) is 7.61. The quantitative estimate of drug-likeness (QED) is 0.647. The number of hydrogen-bond donors (Lipinski definition) is 0. The summed E-state index contributed by atoms with van der Waals surface area (Å²) in [7, 11) is -2.92. The molecule has 0 N–H and O–H groups in total. The molecule has 0 saturated carbocycles. The van der Waals surface area contributed by atoms with E-state index in [4.69, 9.17) is 4.74 Å². The van der Waals surface area contributed by atoms with E-state index in [1.165, 1.54) is 0 Å². The van der Waals surface area contributed by atoms with Crippen LogP contribution in [0.15, 0.2) is 0 Å². The standard InChI is InChI=1S/C8H15NO3S/c10-13(11)6-2-4-9(13)7-8-3-1-5-12-8/h8H,1-7H2. The Hall–Kier alpha value is -0.130. The minimum atomic E-state index is -2.92. The van der Waals surface area contributed by atoms with Crippen molar-refractivity contribution < 1.29 is 13.2 Å². The van der Waals surface area contributed by atoms with Gasteiger partial charge in [-0.05, 0) is 19.3 Å². The Bertz CT molecular complexity index is 269. The van der Waals surface area contributed by atoms with Crippen LogP contribution in [0.5, 0.6) is 0 Å². The van der Waals surface area contributed by atoms with Gasteiger partial charge in [0.1, 0.15) is 0 Å². The van der Waals surface area contributed by atoms with Crippen LogP contribution in [0.3, 0.4) is 0 Å². The summed E-state index contributed by atoms with van der Waals surface area (Å²) in [5.41, 5.74) is 0. The van der Waals surface area contributed by atoms with Crippen molar-refractivity contribution in [3.05, 3.63) is 0 Å². The predicted molar refractivity (Wildman–Crippen MR) is 49.0 cm³/mol. The molecule has 2 aliphatic rings. The minimum Gasteiger partial charge on any atom is -0.377 e. The van der Waals surface area contributed by atoms with E-state index in [0.29, 0.717) is 18.8 Å². The molecule has 0 aromatic rings. The van der Waals surface area contributed by atoms with Gasteiger partial charge in [0.15, 0.2) is 0 Å². The maximum atomic E-state index is 11.4. The third-order valence-electron chi connectivity index (χ3n) is 2.63. The van der Waals surface area contributed by atoms with Gasteiger partial charge < -0.3 is 4.74 Å². The van der Waals surface area contributed by atoms with Crippen molar-refractivity contribution in [1.82, 2.24) is 4.31 Å². The highest BCUT2D eigenvalue weighted by Crippen LogP contribution is 2.19. The van der Waals surface area contributed by atoms with Crippen molar-refractivity contribution in [2.45, 2.75) is 25.4 Å². The topological polar surface area (TPSA) is 46.6 Å². The van der Waals surface area contributed by atoms with Crippen LogP contribution in [0.2, 0.25) is 0 Å². The average Bonchev–Trinajstić information content (AvgIpc) is 2.63. The summed E-state index contributed by atoms with van der Waals surface area (Å²) in [6, 6.07) is 0. The Labute approximate surface area is 78.9 Å². The Balaban J connectivity index is 1.94. The van der Waals surface area contributed by atoms with Crippen LogP contribution < -0.4 is 0 Å². The van der Waals surface area contributed by atoms with E-state index in [9.17, 15) is 8.42 Å². The predicted octanol–water partition coefficient (Wildman–Crippen LogP) is 0.201. The molecule has 4 nitrogen and oxygen atoms in total. The van der Waals surface area contributed by atoms with Gasteiger partial charge in [0, 0.05) is 19.7 Å². The molecule has 0 aromatic carbocycles. The van der Waals surface area contributed by atoms with Crippen LogP contribution in [0.4, 0.5) is 0 Å². The summed E-state index contributed by atoms with van der Waals surface area (Å²) in [6.07, 6.45) is 2.99. The van der Waals surface area contributed by atoms with E-state index in [1.807, 2.05) is 0 Å². The molecule has 0 bridgehead atoms. The monoisotopic (exact) mass is 205 g/mol. The van der Waals surface area contributed by atoms with Gasteiger partial charge >= 0.3 is 0 Å². The molecule has 1 unspecified atom stereocenters. The molecular formula is C8H15NO3S. The van der Waals surface area contributed by atoms with Gasteiger partial charge in [-0.25, -0.2) is 8.42 Å². The highest BCUT2D eigenvalue weighted by molar-refractivity contribution is 7.89. The third-order valence-corrected chi connectivity index (χ3v) is 4.56. The molecule has 2 rings (SSSR count). The van der Waals surface area contributed by atoms with Crippen molar-refractivity contribution in [3.63, 3.8) is 0 Å². The van der Waals surface area contributed by atoms with E-state index in [2.05, 4.69) is 0 Å². The summed E-state index contributed by atoms with van der Waals surface area (Å²) in [6.45, 7) is 2.04. The highest BCUT2D eigenvalue weighted by Gasteiger charge is 2.31. The SMILES string of the molecule is O=S1(=O)CCCN1CC1CCCO1. The van der Waals surface area contributed by atoms with Crippen LogP contribution in [0.1, 0.15) is 19.3 Å². The molecule has 1 atom stereocenters. The fraction of sp³-hybridized carbons (Fsp3) is 1.00. The lowest BCUT2D eigenvalue weighted by Gasteiger charge is -2.18. The summed E-state index contributed by atoms with van der Waals surface area (Å²) in [4.78, 5) is 0. The molecule has 0 radical (unpaired) electrons. The normalized spacial score (nSPS) is 34.0. The van der Waals surface area contributed by atoms with Crippen LogP contribution in [0, 0.1) is 0 Å². The molecular weight excluding hydrogens is 190 g/mol. The number of ether oxygens (including phenoxy) is 1. The van der Waals surface area contributed by atoms with Crippen molar-refractivity contribution in [2.24, 2.45) is 0 Å². The van der Waals surface area contributed by atoms with Crippen molar-refractivity contribution in [1.29, 1.82) is 0 Å². The fourth-order valence-electron chi connectivity index (χ4n) is 1.91. The molecule has 13 heavy (non-hydrogen) atoms. The molecule has 2 fully saturated rings. The van der Waals surface area contributed by atoms with E-state index in [0.717, 1.165) is 25.9 Å². The molecule has 2 heterocycles. The van der Waals surface area contributed by atoms with Crippen molar-refractivity contribution in [3.8, 4) is 0 Å². The fourth-order valence-corrected chi connectivity index (χ4v) is 3.46. The molecule has 76 valence electrons. The van der Waals surface area contributed by atoms with Crippen molar-refractivity contribution in [2.75, 3.05) is 25.4 Å². The number of rotatable bonds is 2. The molecule has 2 saturated heterocycles. The van der Waals surface area contributed by atoms with Crippen molar-refractivity contribution >= 4 is 10.0 Å². The van der Waals surface area contributed by atoms with Gasteiger partial charge in [-0.1, -0.05) is 0 Å². The summed E-state index contributed by atoms with van der Waals surface area (Å²) in [5.74, 6) is 0.319. The first-order valence-electron chi connectivity index (χ1n) is 4.78. The smallest absolute Gasteiger partial charge is 0.214 e. The van der Waals surface area contributed by atoms with Gasteiger partial charge in [0.25, 0.3) is 0 Å². The molecule has 2 aliphatic heterocycles. The van der Waals surface area contributed by atoms with Gasteiger partial charge in [-0.3, -0.25) is 0 Å². The lowest BCUT2D eigenvalue weighted by Crippen LogP contribution is -2.33. The first-order valence-corrected chi connectivity index (χ1v) is 6.39. The third kappa shape index (κ3) is 2.03. The summed E-state index contributed by atoms with van der Waals surface area (Å²) < 4.78 is 29.8. The maximum Gasteiger partial charge on any atom is 0.214 e. The van der Waals surface area contributed by atoms with Crippen LogP contribution in [-0.4, -0.2) is 44.3 Å². The van der Waals surface area contributed by atoms with E-state index >= 15 is 0 Å². The number of nitrogens with zero attached hydrogens (tertiary/aromatic N) is 1. The first-order chi connectivity index (χ1) is 6.18. The lowest BCUT2D eigenvalue weighted by molar-refractivity contribution is 0.0954. The Kier molecular flexibility index (Phi) is 2.58. The van der Waals surface area contributed by atoms with Crippen LogP contribution >= 0.6 is 0 Å². The second-order valence-corrected chi connectivity index (χ2v) is 5.75. The molecule has 0 amide bonds. The van der Waals surface area contributed by atoms with Gasteiger partial charge in [0.05, 0.1) is 11.9 Å². The Morgan fingerprint density at radius 3 is 2.77 bits per heavy atom. The number of hydrogen-bond acceptors (Lipinski definition) is 3. The van der Waals surface area contributed by atoms with E-state index in [-0.39, 0.29) is 6.10 Å². The Morgan fingerprint density at radius 2 is 2.23 bits per heavy atom. The molecule has 0 aliphatic carbocycles. The largest absolute Gasteiger partial charge is 0.377 e. The average molecular weight is 205 g/mol. The zero-order valence-corrected chi connectivity index (χ0v) is 8.42. The molecule has 0 spiro atoms. The van der Waals surface area contributed by atoms with Crippen LogP contribution in [-0.2, 0) is 14.8 Å². The maximum absolute atomic E-state index is 11.4. The lowest BCUT2D eigenvalue weighted by atomic mass is 10.2. The summed E-state index contributed by atoms with van der Waals surface area (Å²) >= 11 is 0. The van der Waals surface area contributed by atoms with E-state index < -0.39 is 10.0 Å². The number of sulfonamides is 1. The molecule has 0 aromatic heterocycles. The first kappa shape index (κ1) is 9.43. The second-order valence-electron chi connectivity index (χ2n) is 3.66. The van der Waals surface area contributed by atoms with Crippen LogP contribution in [0.25, 0.3) is 0 Å². The van der Waals surface area contributed by atoms with Gasteiger partial charge in [-0.2, -0.15) is 4.31 Å².